The van der Waals surface area contributed by atoms with Crippen LogP contribution >= 0.6 is 0 Å². The molecule has 0 aromatic heterocycles. The van der Waals surface area contributed by atoms with Crippen molar-refractivity contribution in [3.05, 3.63) is 33.9 Å². The number of nitro groups is 1. The second kappa shape index (κ2) is 8.64. The van der Waals surface area contributed by atoms with Gasteiger partial charge in [-0.05, 0) is 25.8 Å². The summed E-state index contributed by atoms with van der Waals surface area (Å²) in [4.78, 5) is 38.9. The van der Waals surface area contributed by atoms with Crippen molar-refractivity contribution in [3.63, 3.8) is 0 Å². The molecule has 1 heterocycles. The van der Waals surface area contributed by atoms with Crippen LogP contribution in [-0.2, 0) is 9.53 Å². The summed E-state index contributed by atoms with van der Waals surface area (Å²) in [6, 6.07) is 4.01. The number of non-ortho nitro benzene ring substituents is 1. The molecular formula is C18H25N3O5. The zero-order valence-electron chi connectivity index (χ0n) is 15.4. The molecule has 1 aliphatic heterocycles. The van der Waals surface area contributed by atoms with E-state index in [9.17, 15) is 19.7 Å². The number of hydrogen-bond acceptors (Lipinski definition) is 6. The van der Waals surface area contributed by atoms with Crippen molar-refractivity contribution in [1.29, 1.82) is 0 Å². The molecule has 142 valence electrons. The topological polar surface area (TPSA) is 93.0 Å². The summed E-state index contributed by atoms with van der Waals surface area (Å²) < 4.78 is 5.34. The van der Waals surface area contributed by atoms with Gasteiger partial charge in [-0.3, -0.25) is 14.9 Å². The van der Waals surface area contributed by atoms with E-state index < -0.39 is 17.0 Å². The van der Waals surface area contributed by atoms with E-state index in [1.807, 2.05) is 0 Å². The Morgan fingerprint density at radius 2 is 1.81 bits per heavy atom. The van der Waals surface area contributed by atoms with E-state index in [4.69, 9.17) is 4.74 Å². The van der Waals surface area contributed by atoms with Gasteiger partial charge in [0.1, 0.15) is 0 Å². The van der Waals surface area contributed by atoms with Gasteiger partial charge in [-0.15, -0.1) is 0 Å². The molecule has 26 heavy (non-hydrogen) atoms. The Bertz CT molecular complexity index is 681. The summed E-state index contributed by atoms with van der Waals surface area (Å²) in [5, 5.41) is 11.0. The quantitative estimate of drug-likeness (QED) is 0.453. The first-order chi connectivity index (χ1) is 12.3. The fourth-order valence-corrected chi connectivity index (χ4v) is 3.01. The van der Waals surface area contributed by atoms with Crippen molar-refractivity contribution in [2.45, 2.75) is 38.7 Å². The average molecular weight is 363 g/mol. The standard InChI is InChI=1S/C18H25N3O5/c1-13(17(22)20-10-6-4-5-7-11-20)26-18(23)15-12-14(21(24)25)8-9-16(15)19(2)3/h8-9,12-13H,4-7,10-11H2,1-3H3/t13-/m1/s1. The van der Waals surface area contributed by atoms with Crippen LogP contribution in [0.1, 0.15) is 43.0 Å². The first kappa shape index (κ1) is 19.7. The van der Waals surface area contributed by atoms with E-state index in [1.54, 1.807) is 23.9 Å². The Hall–Kier alpha value is -2.64. The SMILES string of the molecule is C[C@@H](OC(=O)c1cc([N+](=O)[O-])ccc1N(C)C)C(=O)N1CCCCCC1. The normalized spacial score (nSPS) is 15.7. The Balaban J connectivity index is 2.16. The van der Waals surface area contributed by atoms with Crippen molar-refractivity contribution in [2.24, 2.45) is 0 Å². The van der Waals surface area contributed by atoms with Gasteiger partial charge >= 0.3 is 5.97 Å². The zero-order chi connectivity index (χ0) is 19.3. The van der Waals surface area contributed by atoms with E-state index in [-0.39, 0.29) is 17.2 Å². The molecular weight excluding hydrogens is 338 g/mol. The van der Waals surface area contributed by atoms with Gasteiger partial charge in [0.25, 0.3) is 11.6 Å². The Morgan fingerprint density at radius 3 is 2.35 bits per heavy atom. The molecule has 0 spiro atoms. The van der Waals surface area contributed by atoms with E-state index in [0.29, 0.717) is 18.8 Å². The Labute approximate surface area is 152 Å². The Morgan fingerprint density at radius 1 is 1.19 bits per heavy atom. The number of benzene rings is 1. The number of nitrogens with zero attached hydrogens (tertiary/aromatic N) is 3. The van der Waals surface area contributed by atoms with Crippen LogP contribution in [0.2, 0.25) is 0 Å². The molecule has 1 saturated heterocycles. The van der Waals surface area contributed by atoms with Gasteiger partial charge in [0.15, 0.2) is 6.10 Å². The molecule has 1 amide bonds. The summed E-state index contributed by atoms with van der Waals surface area (Å²) in [5.74, 6) is -0.967. The zero-order valence-corrected chi connectivity index (χ0v) is 15.4. The molecule has 0 saturated carbocycles. The van der Waals surface area contributed by atoms with Gasteiger partial charge in [0.2, 0.25) is 0 Å². The minimum absolute atomic E-state index is 0.0692. The molecule has 8 heteroatoms. The lowest BCUT2D eigenvalue weighted by Gasteiger charge is -2.24. The summed E-state index contributed by atoms with van der Waals surface area (Å²) in [7, 11) is 3.45. The number of likely N-dealkylation sites (tertiary alicyclic amines) is 1. The maximum absolute atomic E-state index is 12.6. The Kier molecular flexibility index (Phi) is 6.54. The average Bonchev–Trinajstić information content (AvgIpc) is 2.89. The maximum atomic E-state index is 12.6. The van der Waals surface area contributed by atoms with E-state index in [0.717, 1.165) is 25.7 Å². The molecule has 1 aliphatic rings. The number of amides is 1. The van der Waals surface area contributed by atoms with Crippen LogP contribution in [0, 0.1) is 10.1 Å². The summed E-state index contributed by atoms with van der Waals surface area (Å²) in [5.41, 5.74) is 0.365. The summed E-state index contributed by atoms with van der Waals surface area (Å²) in [6.07, 6.45) is 3.15. The van der Waals surface area contributed by atoms with Crippen LogP contribution in [0.5, 0.6) is 0 Å². The molecule has 0 radical (unpaired) electrons. The smallest absolute Gasteiger partial charge is 0.341 e. The van der Waals surface area contributed by atoms with Gasteiger partial charge in [0.05, 0.1) is 16.2 Å². The van der Waals surface area contributed by atoms with Gasteiger partial charge < -0.3 is 14.5 Å². The molecule has 1 aromatic rings. The molecule has 0 bridgehead atoms. The number of esters is 1. The highest BCUT2D eigenvalue weighted by atomic mass is 16.6. The summed E-state index contributed by atoms with van der Waals surface area (Å²) >= 11 is 0. The molecule has 2 rings (SSSR count). The van der Waals surface area contributed by atoms with E-state index >= 15 is 0 Å². The molecule has 1 atom stereocenters. The largest absolute Gasteiger partial charge is 0.449 e. The lowest BCUT2D eigenvalue weighted by molar-refractivity contribution is -0.384. The van der Waals surface area contributed by atoms with Crippen LogP contribution in [-0.4, -0.2) is 55.0 Å². The number of ether oxygens (including phenoxy) is 1. The number of nitro benzene ring substituents is 1. The minimum Gasteiger partial charge on any atom is -0.449 e. The predicted molar refractivity (Wildman–Crippen MR) is 97.3 cm³/mol. The monoisotopic (exact) mass is 363 g/mol. The number of carbonyl (C=O) groups excluding carboxylic acids is 2. The second-order valence-corrected chi connectivity index (χ2v) is 6.64. The van der Waals surface area contributed by atoms with Crippen molar-refractivity contribution in [2.75, 3.05) is 32.1 Å². The van der Waals surface area contributed by atoms with Crippen molar-refractivity contribution in [1.82, 2.24) is 4.90 Å². The summed E-state index contributed by atoms with van der Waals surface area (Å²) in [6.45, 7) is 2.87. The first-order valence-corrected chi connectivity index (χ1v) is 8.76. The fourth-order valence-electron chi connectivity index (χ4n) is 3.01. The molecule has 0 aliphatic carbocycles. The third-order valence-electron chi connectivity index (χ3n) is 4.44. The number of anilines is 1. The lowest BCUT2D eigenvalue weighted by Crippen LogP contribution is -2.40. The molecule has 0 N–H and O–H groups in total. The van der Waals surface area contributed by atoms with Gasteiger partial charge in [-0.1, -0.05) is 12.8 Å². The molecule has 1 aromatic carbocycles. The van der Waals surface area contributed by atoms with Crippen LogP contribution < -0.4 is 4.90 Å². The highest BCUT2D eigenvalue weighted by Crippen LogP contribution is 2.25. The first-order valence-electron chi connectivity index (χ1n) is 8.76. The van der Waals surface area contributed by atoms with Crippen LogP contribution in [0.4, 0.5) is 11.4 Å². The van der Waals surface area contributed by atoms with Gasteiger partial charge in [-0.25, -0.2) is 4.79 Å². The van der Waals surface area contributed by atoms with Gasteiger partial charge in [-0.2, -0.15) is 0 Å². The fraction of sp³-hybridized carbons (Fsp3) is 0.556. The maximum Gasteiger partial charge on any atom is 0.341 e. The minimum atomic E-state index is -0.935. The van der Waals surface area contributed by atoms with E-state index in [2.05, 4.69) is 0 Å². The van der Waals surface area contributed by atoms with Crippen LogP contribution in [0.25, 0.3) is 0 Å². The van der Waals surface area contributed by atoms with Crippen molar-refractivity contribution < 1.29 is 19.2 Å². The number of hydrogen-bond donors (Lipinski definition) is 0. The third-order valence-corrected chi connectivity index (χ3v) is 4.44. The highest BCUT2D eigenvalue weighted by molar-refractivity contribution is 5.98. The highest BCUT2D eigenvalue weighted by Gasteiger charge is 2.27. The van der Waals surface area contributed by atoms with Crippen LogP contribution in [0.3, 0.4) is 0 Å². The van der Waals surface area contributed by atoms with Crippen molar-refractivity contribution in [3.8, 4) is 0 Å². The number of rotatable bonds is 5. The molecule has 0 unspecified atom stereocenters. The predicted octanol–water partition coefficient (Wildman–Crippen LogP) is 2.61. The van der Waals surface area contributed by atoms with Gasteiger partial charge in [0, 0.05) is 39.3 Å². The molecule has 1 fully saturated rings. The van der Waals surface area contributed by atoms with Crippen LogP contribution in [0.15, 0.2) is 18.2 Å². The second-order valence-electron chi connectivity index (χ2n) is 6.64. The lowest BCUT2D eigenvalue weighted by atomic mass is 10.1. The van der Waals surface area contributed by atoms with E-state index in [1.165, 1.54) is 25.1 Å². The molecule has 8 nitrogen and oxygen atoms in total. The third kappa shape index (κ3) is 4.71. The number of carbonyl (C=O) groups is 2. The van der Waals surface area contributed by atoms with Crippen molar-refractivity contribution >= 4 is 23.3 Å².